The van der Waals surface area contributed by atoms with Gasteiger partial charge in [0.2, 0.25) is 0 Å². The molecule has 1 aliphatic heterocycles. The molecule has 0 saturated carbocycles. The highest BCUT2D eigenvalue weighted by atomic mass is 16.6. The molecule has 0 aromatic carbocycles. The van der Waals surface area contributed by atoms with Crippen LogP contribution in [0.3, 0.4) is 0 Å². The van der Waals surface area contributed by atoms with Gasteiger partial charge in [-0.2, -0.15) is 0 Å². The van der Waals surface area contributed by atoms with Crippen LogP contribution in [0, 0.1) is 0 Å². The second-order valence-corrected chi connectivity index (χ2v) is 5.16. The summed E-state index contributed by atoms with van der Waals surface area (Å²) in [5.74, 6) is 0. The molecule has 3 rings (SSSR count). The molecule has 2 aromatic rings. The van der Waals surface area contributed by atoms with Crippen LogP contribution >= 0.6 is 0 Å². The number of hydrogen-bond acceptors (Lipinski definition) is 7. The van der Waals surface area contributed by atoms with E-state index in [0.717, 1.165) is 4.57 Å². The molecule has 9 nitrogen and oxygen atoms in total. The van der Waals surface area contributed by atoms with E-state index >= 15 is 0 Å². The molecule has 0 bridgehead atoms. The fraction of sp³-hybridized carbons (Fsp3) is 0.357. The molecular weight excluding hydrogens is 306 g/mol. The first-order valence-corrected chi connectivity index (χ1v) is 6.91. The van der Waals surface area contributed by atoms with Gasteiger partial charge in [0.15, 0.2) is 6.23 Å². The number of ether oxygens (including phenoxy) is 1. The lowest BCUT2D eigenvalue weighted by Crippen LogP contribution is -2.38. The predicted octanol–water partition coefficient (Wildman–Crippen LogP) is -1.79. The third-order valence-electron chi connectivity index (χ3n) is 3.72. The average Bonchev–Trinajstić information content (AvgIpc) is 2.83. The quantitative estimate of drug-likeness (QED) is 0.524. The molecule has 0 unspecified atom stereocenters. The van der Waals surface area contributed by atoms with Gasteiger partial charge in [-0.3, -0.25) is 19.3 Å². The highest BCUT2D eigenvalue weighted by molar-refractivity contribution is 5.58. The van der Waals surface area contributed by atoms with Crippen LogP contribution in [0.15, 0.2) is 40.2 Å². The number of aromatic nitrogens is 3. The molecule has 2 aromatic heterocycles. The molecule has 0 radical (unpaired) electrons. The molecular formula is C14H15N3O6. The number of aromatic amines is 1. The Balaban J connectivity index is 2.17. The Labute approximate surface area is 129 Å². The van der Waals surface area contributed by atoms with Crippen molar-refractivity contribution >= 4 is 0 Å². The number of rotatable bonds is 3. The summed E-state index contributed by atoms with van der Waals surface area (Å²) in [6.45, 7) is -0.516. The second-order valence-electron chi connectivity index (χ2n) is 5.16. The highest BCUT2D eigenvalue weighted by Gasteiger charge is 2.44. The van der Waals surface area contributed by atoms with Crippen molar-refractivity contribution < 1.29 is 20.1 Å². The van der Waals surface area contributed by atoms with Crippen LogP contribution in [0.1, 0.15) is 6.23 Å². The first-order chi connectivity index (χ1) is 11.0. The van der Waals surface area contributed by atoms with E-state index in [2.05, 4.69) is 9.97 Å². The number of nitrogens with one attached hydrogen (secondary N) is 1. The third-order valence-corrected chi connectivity index (χ3v) is 3.72. The standard InChI is InChI=1S/C14H15N3O6/c18-6-9-11(20)12(21)13(23-9)17-8(5-10(19)16-14(17)22)7-1-3-15-4-2-7/h1-5,9,11-13,18,20-21H,6H2,(H,16,19,22)/t9-,11-,12-,13-/m1/s1. The summed E-state index contributed by atoms with van der Waals surface area (Å²) in [6, 6.07) is 4.36. The lowest BCUT2D eigenvalue weighted by atomic mass is 10.1. The van der Waals surface area contributed by atoms with Crippen LogP contribution < -0.4 is 11.2 Å². The summed E-state index contributed by atoms with van der Waals surface area (Å²) in [5.41, 5.74) is -0.680. The zero-order chi connectivity index (χ0) is 16.6. The minimum absolute atomic E-state index is 0.205. The molecule has 122 valence electrons. The highest BCUT2D eigenvalue weighted by Crippen LogP contribution is 2.31. The van der Waals surface area contributed by atoms with Crippen LogP contribution in [0.4, 0.5) is 0 Å². The van der Waals surface area contributed by atoms with Crippen molar-refractivity contribution in [3.63, 3.8) is 0 Å². The number of H-pyrrole nitrogens is 1. The molecule has 1 fully saturated rings. The monoisotopic (exact) mass is 321 g/mol. The maximum atomic E-state index is 12.2. The zero-order valence-corrected chi connectivity index (χ0v) is 11.9. The minimum atomic E-state index is -1.43. The Morgan fingerprint density at radius 3 is 2.52 bits per heavy atom. The smallest absolute Gasteiger partial charge is 0.331 e. The van der Waals surface area contributed by atoms with E-state index in [1.165, 1.54) is 18.5 Å². The Bertz CT molecular complexity index is 802. The Morgan fingerprint density at radius 1 is 1.22 bits per heavy atom. The number of hydrogen-bond donors (Lipinski definition) is 4. The summed E-state index contributed by atoms with van der Waals surface area (Å²) in [5, 5.41) is 29.2. The molecule has 23 heavy (non-hydrogen) atoms. The van der Waals surface area contributed by atoms with E-state index in [0.29, 0.717) is 5.56 Å². The molecule has 0 aliphatic carbocycles. The van der Waals surface area contributed by atoms with Crippen molar-refractivity contribution in [2.24, 2.45) is 0 Å². The van der Waals surface area contributed by atoms with Crippen molar-refractivity contribution in [1.82, 2.24) is 14.5 Å². The van der Waals surface area contributed by atoms with Crippen molar-refractivity contribution in [3.8, 4) is 11.3 Å². The van der Waals surface area contributed by atoms with Gasteiger partial charge in [0.05, 0.1) is 12.3 Å². The summed E-state index contributed by atoms with van der Waals surface area (Å²) in [4.78, 5) is 29.8. The van der Waals surface area contributed by atoms with Crippen LogP contribution in [-0.2, 0) is 4.74 Å². The van der Waals surface area contributed by atoms with Crippen LogP contribution in [-0.4, -0.2) is 54.8 Å². The molecule has 1 saturated heterocycles. The van der Waals surface area contributed by atoms with Crippen LogP contribution in [0.2, 0.25) is 0 Å². The van der Waals surface area contributed by atoms with Gasteiger partial charge < -0.3 is 20.1 Å². The minimum Gasteiger partial charge on any atom is -0.394 e. The van der Waals surface area contributed by atoms with E-state index in [1.54, 1.807) is 12.1 Å². The molecule has 0 spiro atoms. The topological polar surface area (TPSA) is 138 Å². The Morgan fingerprint density at radius 2 is 1.91 bits per heavy atom. The van der Waals surface area contributed by atoms with E-state index in [1.807, 2.05) is 0 Å². The number of aliphatic hydroxyl groups excluding tert-OH is 3. The Kier molecular flexibility index (Phi) is 4.09. The molecule has 4 N–H and O–H groups in total. The van der Waals surface area contributed by atoms with Crippen molar-refractivity contribution in [2.45, 2.75) is 24.5 Å². The van der Waals surface area contributed by atoms with Crippen molar-refractivity contribution in [3.05, 3.63) is 51.4 Å². The van der Waals surface area contributed by atoms with E-state index in [9.17, 15) is 19.8 Å². The first kappa shape index (κ1) is 15.6. The Hall–Kier alpha value is -2.33. The first-order valence-electron chi connectivity index (χ1n) is 6.91. The summed E-state index contributed by atoms with van der Waals surface area (Å²) < 4.78 is 6.42. The van der Waals surface area contributed by atoms with E-state index in [-0.39, 0.29) is 5.69 Å². The summed E-state index contributed by atoms with van der Waals surface area (Å²) in [7, 11) is 0. The maximum Gasteiger partial charge on any atom is 0.331 e. The molecule has 4 atom stereocenters. The SMILES string of the molecule is O=c1cc(-c2ccncc2)n([C@@H]2O[C@H](CO)[C@@H](O)[C@H]2O)c(=O)[nH]1. The van der Waals surface area contributed by atoms with Gasteiger partial charge >= 0.3 is 5.69 Å². The van der Waals surface area contributed by atoms with Gasteiger partial charge in [0, 0.05) is 24.0 Å². The van der Waals surface area contributed by atoms with Crippen LogP contribution in [0.25, 0.3) is 11.3 Å². The molecule has 3 heterocycles. The molecule has 9 heteroatoms. The fourth-order valence-corrected chi connectivity index (χ4v) is 2.60. The predicted molar refractivity (Wildman–Crippen MR) is 77.6 cm³/mol. The van der Waals surface area contributed by atoms with Gasteiger partial charge in [-0.15, -0.1) is 0 Å². The van der Waals surface area contributed by atoms with Gasteiger partial charge in [0.25, 0.3) is 5.56 Å². The van der Waals surface area contributed by atoms with E-state index < -0.39 is 42.4 Å². The lowest BCUT2D eigenvalue weighted by molar-refractivity contribution is -0.0541. The van der Waals surface area contributed by atoms with E-state index in [4.69, 9.17) is 9.84 Å². The number of aliphatic hydroxyl groups is 3. The summed E-state index contributed by atoms with van der Waals surface area (Å²) in [6.07, 6.45) is -2.08. The van der Waals surface area contributed by atoms with Gasteiger partial charge in [-0.25, -0.2) is 4.79 Å². The van der Waals surface area contributed by atoms with Gasteiger partial charge in [0.1, 0.15) is 18.3 Å². The lowest BCUT2D eigenvalue weighted by Gasteiger charge is -2.21. The molecule has 0 amide bonds. The average molecular weight is 321 g/mol. The number of pyridine rings is 1. The summed E-state index contributed by atoms with van der Waals surface area (Å²) >= 11 is 0. The second kappa shape index (κ2) is 6.05. The van der Waals surface area contributed by atoms with Crippen molar-refractivity contribution in [1.29, 1.82) is 0 Å². The van der Waals surface area contributed by atoms with Gasteiger partial charge in [-0.05, 0) is 12.1 Å². The van der Waals surface area contributed by atoms with Crippen LogP contribution in [0.5, 0.6) is 0 Å². The zero-order valence-electron chi connectivity index (χ0n) is 11.9. The fourth-order valence-electron chi connectivity index (χ4n) is 2.60. The maximum absolute atomic E-state index is 12.2. The largest absolute Gasteiger partial charge is 0.394 e. The number of nitrogens with zero attached hydrogens (tertiary/aromatic N) is 2. The molecule has 1 aliphatic rings. The third kappa shape index (κ3) is 2.70. The normalized spacial score (nSPS) is 27.3. The van der Waals surface area contributed by atoms with Gasteiger partial charge in [-0.1, -0.05) is 0 Å². The van der Waals surface area contributed by atoms with Crippen molar-refractivity contribution in [2.75, 3.05) is 6.61 Å².